The molecule has 1 rings (SSSR count). The molecule has 0 spiro atoms. The molecule has 5 heteroatoms. The Balaban J connectivity index is 2.88. The fourth-order valence-corrected chi connectivity index (χ4v) is 1.55. The molecule has 0 aromatic heterocycles. The van der Waals surface area contributed by atoms with Crippen molar-refractivity contribution in [3.05, 3.63) is 28.8 Å². The molecule has 84 valence electrons. The van der Waals surface area contributed by atoms with Gasteiger partial charge in [0, 0.05) is 0 Å². The lowest BCUT2D eigenvalue weighted by Gasteiger charge is -2.13. The highest BCUT2D eigenvalue weighted by Gasteiger charge is 2.15. The van der Waals surface area contributed by atoms with Crippen molar-refractivity contribution >= 4 is 7.60 Å². The molecule has 0 aliphatic carbocycles. The van der Waals surface area contributed by atoms with Gasteiger partial charge in [0.25, 0.3) is 0 Å². The van der Waals surface area contributed by atoms with Crippen LogP contribution in [0.2, 0.25) is 0 Å². The van der Waals surface area contributed by atoms with E-state index in [-0.39, 0.29) is 0 Å². The van der Waals surface area contributed by atoms with Crippen LogP contribution in [0.1, 0.15) is 16.7 Å². The number of hydrogen-bond donors (Lipinski definition) is 2. The third-order valence-electron chi connectivity index (χ3n) is 2.40. The molecule has 0 saturated heterocycles. The minimum atomic E-state index is -4.10. The van der Waals surface area contributed by atoms with Gasteiger partial charge in [-0.15, -0.1) is 0 Å². The molecule has 0 amide bonds. The molecule has 0 heterocycles. The highest BCUT2D eigenvalue weighted by Crippen LogP contribution is 2.35. The van der Waals surface area contributed by atoms with Crippen LogP contribution in [0.3, 0.4) is 0 Å². The Bertz CT molecular complexity index is 408. The molecule has 2 N–H and O–H groups in total. The van der Waals surface area contributed by atoms with Crippen LogP contribution < -0.4 is 4.74 Å². The number of benzene rings is 1. The third kappa shape index (κ3) is 3.34. The van der Waals surface area contributed by atoms with E-state index in [9.17, 15) is 4.57 Å². The van der Waals surface area contributed by atoms with E-state index in [0.717, 1.165) is 16.7 Å². The van der Waals surface area contributed by atoms with Crippen LogP contribution in [0, 0.1) is 20.8 Å². The molecule has 0 aliphatic heterocycles. The van der Waals surface area contributed by atoms with Gasteiger partial charge >= 0.3 is 7.60 Å². The van der Waals surface area contributed by atoms with Gasteiger partial charge in [-0.05, 0) is 43.5 Å². The highest BCUT2D eigenvalue weighted by molar-refractivity contribution is 7.51. The van der Waals surface area contributed by atoms with E-state index in [1.165, 1.54) is 0 Å². The summed E-state index contributed by atoms with van der Waals surface area (Å²) in [6.45, 7) is 5.81. The van der Waals surface area contributed by atoms with Crippen LogP contribution in [0.4, 0.5) is 0 Å². The van der Waals surface area contributed by atoms with E-state index in [0.29, 0.717) is 5.75 Å². The zero-order valence-electron chi connectivity index (χ0n) is 9.02. The number of ether oxygens (including phenoxy) is 1. The van der Waals surface area contributed by atoms with E-state index in [2.05, 4.69) is 0 Å². The first kappa shape index (κ1) is 12.2. The predicted molar refractivity (Wildman–Crippen MR) is 58.2 cm³/mol. The second kappa shape index (κ2) is 4.35. The van der Waals surface area contributed by atoms with Gasteiger partial charge in [0.1, 0.15) is 5.75 Å². The maximum Gasteiger partial charge on any atom is 0.362 e. The molecule has 0 saturated carbocycles. The smallest absolute Gasteiger partial charge is 0.362 e. The van der Waals surface area contributed by atoms with Gasteiger partial charge in [-0.3, -0.25) is 4.57 Å². The summed E-state index contributed by atoms with van der Waals surface area (Å²) < 4.78 is 15.7. The van der Waals surface area contributed by atoms with Crippen LogP contribution in [0.5, 0.6) is 5.75 Å². The molecule has 4 nitrogen and oxygen atoms in total. The van der Waals surface area contributed by atoms with Crippen LogP contribution >= 0.6 is 7.60 Å². The lowest BCUT2D eigenvalue weighted by molar-refractivity contribution is 0.299. The largest absolute Gasteiger partial charge is 0.481 e. The molecule has 1 aromatic carbocycles. The SMILES string of the molecule is Cc1ccc(OCP(=O)(O)O)c(C)c1C. The van der Waals surface area contributed by atoms with Gasteiger partial charge < -0.3 is 14.5 Å². The summed E-state index contributed by atoms with van der Waals surface area (Å²) in [6.07, 6.45) is -0.573. The summed E-state index contributed by atoms with van der Waals surface area (Å²) in [4.78, 5) is 17.4. The maximum absolute atomic E-state index is 10.6. The molecule has 15 heavy (non-hydrogen) atoms. The normalized spacial score (nSPS) is 11.5. The Morgan fingerprint density at radius 3 is 2.33 bits per heavy atom. The molecular formula is C10H15O4P. The Kier molecular flexibility index (Phi) is 3.55. The van der Waals surface area contributed by atoms with Gasteiger partial charge in [-0.2, -0.15) is 0 Å². The topological polar surface area (TPSA) is 66.8 Å². The Morgan fingerprint density at radius 1 is 1.20 bits per heavy atom. The molecule has 0 atom stereocenters. The van der Waals surface area contributed by atoms with Gasteiger partial charge in [-0.1, -0.05) is 6.07 Å². The zero-order chi connectivity index (χ0) is 11.6. The van der Waals surface area contributed by atoms with E-state index in [4.69, 9.17) is 14.5 Å². The maximum atomic E-state index is 10.6. The first-order chi connectivity index (χ1) is 6.81. The zero-order valence-corrected chi connectivity index (χ0v) is 9.91. The minimum Gasteiger partial charge on any atom is -0.481 e. The summed E-state index contributed by atoms with van der Waals surface area (Å²) in [6, 6.07) is 3.60. The quantitative estimate of drug-likeness (QED) is 0.780. The van der Waals surface area contributed by atoms with Crippen molar-refractivity contribution in [1.82, 2.24) is 0 Å². The summed E-state index contributed by atoms with van der Waals surface area (Å²) in [5, 5.41) is 0. The van der Waals surface area contributed by atoms with Crippen molar-refractivity contribution in [2.24, 2.45) is 0 Å². The molecule has 0 aliphatic rings. The van der Waals surface area contributed by atoms with E-state index in [1.54, 1.807) is 6.07 Å². The monoisotopic (exact) mass is 230 g/mol. The Morgan fingerprint density at radius 2 is 1.80 bits per heavy atom. The molecule has 1 aromatic rings. The lowest BCUT2D eigenvalue weighted by Crippen LogP contribution is -2.01. The van der Waals surface area contributed by atoms with Gasteiger partial charge in [0.2, 0.25) is 0 Å². The van der Waals surface area contributed by atoms with Crippen molar-refractivity contribution in [2.75, 3.05) is 6.35 Å². The first-order valence-electron chi connectivity index (χ1n) is 4.55. The van der Waals surface area contributed by atoms with Gasteiger partial charge in [0.05, 0.1) is 0 Å². The van der Waals surface area contributed by atoms with Crippen LogP contribution in [-0.2, 0) is 4.57 Å². The summed E-state index contributed by atoms with van der Waals surface area (Å²) in [5.41, 5.74) is 3.14. The van der Waals surface area contributed by atoms with Crippen molar-refractivity contribution < 1.29 is 19.1 Å². The van der Waals surface area contributed by atoms with Crippen molar-refractivity contribution in [1.29, 1.82) is 0 Å². The van der Waals surface area contributed by atoms with Crippen molar-refractivity contribution in [3.8, 4) is 5.75 Å². The fraction of sp³-hybridized carbons (Fsp3) is 0.400. The predicted octanol–water partition coefficient (Wildman–Crippen LogP) is 2.13. The summed E-state index contributed by atoms with van der Waals surface area (Å²) in [5.74, 6) is 0.529. The molecule has 0 fully saturated rings. The molecular weight excluding hydrogens is 215 g/mol. The summed E-state index contributed by atoms with van der Waals surface area (Å²) >= 11 is 0. The number of aryl methyl sites for hydroxylation is 1. The molecule has 0 bridgehead atoms. The van der Waals surface area contributed by atoms with Gasteiger partial charge in [0.15, 0.2) is 6.35 Å². The Hall–Kier alpha value is -0.830. The average Bonchev–Trinajstić information content (AvgIpc) is 2.12. The van der Waals surface area contributed by atoms with Crippen molar-refractivity contribution in [3.63, 3.8) is 0 Å². The summed E-state index contributed by atoms with van der Waals surface area (Å²) in [7, 11) is -4.10. The average molecular weight is 230 g/mol. The van der Waals surface area contributed by atoms with Crippen molar-refractivity contribution in [2.45, 2.75) is 20.8 Å². The second-order valence-corrected chi connectivity index (χ2v) is 5.16. The Labute approximate surface area is 89.1 Å². The van der Waals surface area contributed by atoms with E-state index >= 15 is 0 Å². The third-order valence-corrected chi connectivity index (χ3v) is 2.86. The van der Waals surface area contributed by atoms with Crippen LogP contribution in [0.25, 0.3) is 0 Å². The number of hydrogen-bond acceptors (Lipinski definition) is 2. The minimum absolute atomic E-state index is 0.529. The second-order valence-electron chi connectivity index (χ2n) is 3.57. The molecule has 0 radical (unpaired) electrons. The van der Waals surface area contributed by atoms with Crippen LogP contribution in [0.15, 0.2) is 12.1 Å². The molecule has 0 unspecified atom stereocenters. The number of rotatable bonds is 3. The lowest BCUT2D eigenvalue weighted by atomic mass is 10.0. The van der Waals surface area contributed by atoms with Gasteiger partial charge in [-0.25, -0.2) is 0 Å². The highest BCUT2D eigenvalue weighted by atomic mass is 31.2. The van der Waals surface area contributed by atoms with Crippen LogP contribution in [-0.4, -0.2) is 16.1 Å². The standard InChI is InChI=1S/C10H15O4P/c1-7-4-5-10(9(3)8(7)2)14-6-15(11,12)13/h4-5H,6H2,1-3H3,(H2,11,12,13). The first-order valence-corrected chi connectivity index (χ1v) is 6.35. The fourth-order valence-electron chi connectivity index (χ4n) is 1.24. The van der Waals surface area contributed by atoms with E-state index < -0.39 is 13.9 Å². The van der Waals surface area contributed by atoms with E-state index in [1.807, 2.05) is 26.8 Å².